The van der Waals surface area contributed by atoms with Gasteiger partial charge >= 0.3 is 0 Å². The van der Waals surface area contributed by atoms with E-state index in [1.54, 1.807) is 0 Å². The van der Waals surface area contributed by atoms with Crippen molar-refractivity contribution in [2.24, 2.45) is 5.92 Å². The minimum absolute atomic E-state index is 0.0447. The van der Waals surface area contributed by atoms with E-state index in [1.807, 2.05) is 16.9 Å². The number of aryl methyl sites for hydroxylation is 1. The molecule has 28 heavy (non-hydrogen) atoms. The van der Waals surface area contributed by atoms with Gasteiger partial charge in [-0.25, -0.2) is 9.97 Å². The first kappa shape index (κ1) is 18.6. The molecule has 2 aromatic rings. The molecule has 2 N–H and O–H groups in total. The average Bonchev–Trinajstić information content (AvgIpc) is 3.12. The van der Waals surface area contributed by atoms with Crippen LogP contribution in [0.25, 0.3) is 11.3 Å². The maximum absolute atomic E-state index is 12.7. The van der Waals surface area contributed by atoms with Crippen LogP contribution in [0.2, 0.25) is 0 Å². The summed E-state index contributed by atoms with van der Waals surface area (Å²) in [6.07, 6.45) is 10.00. The summed E-state index contributed by atoms with van der Waals surface area (Å²) in [6, 6.07) is 1.89. The minimum atomic E-state index is -0.118. The Labute approximate surface area is 164 Å². The fraction of sp³-hybridized carbons (Fsp3) is 0.550. The van der Waals surface area contributed by atoms with E-state index in [4.69, 9.17) is 0 Å². The number of aromatic nitrogens is 4. The highest BCUT2D eigenvalue weighted by Gasteiger charge is 2.28. The molecule has 2 amide bonds. The predicted molar refractivity (Wildman–Crippen MR) is 104 cm³/mol. The molecule has 2 aliphatic rings. The van der Waals surface area contributed by atoms with Gasteiger partial charge < -0.3 is 10.6 Å². The standard InChI is InChI=1S/C20H26N6O2/c1-13(27)24-15-6-4-5-14(9-15)20(28)25-19-10-17(21-12-22-19)16-11-23-26-8-3-2-7-18(16)26/h10-12,14-15H,2-9H2,1H3,(H,24,27)(H,21,22,25,28)/t14-,15?/m1/s1. The Kier molecular flexibility index (Phi) is 5.36. The SMILES string of the molecule is CC(=O)NC1CCC[C@@H](C(=O)Nc2cc(-c3cnn4c3CCCC4)ncn2)C1. The zero-order chi connectivity index (χ0) is 19.5. The van der Waals surface area contributed by atoms with Gasteiger partial charge in [-0.15, -0.1) is 0 Å². The molecule has 1 aliphatic carbocycles. The zero-order valence-corrected chi connectivity index (χ0v) is 16.1. The van der Waals surface area contributed by atoms with Crippen molar-refractivity contribution in [1.82, 2.24) is 25.1 Å². The Balaban J connectivity index is 1.45. The molecule has 8 nitrogen and oxygen atoms in total. The smallest absolute Gasteiger partial charge is 0.228 e. The number of nitrogens with zero attached hydrogens (tertiary/aromatic N) is 4. The van der Waals surface area contributed by atoms with Crippen molar-refractivity contribution in [3.05, 3.63) is 24.3 Å². The van der Waals surface area contributed by atoms with Crippen molar-refractivity contribution in [2.45, 2.75) is 64.5 Å². The van der Waals surface area contributed by atoms with Gasteiger partial charge in [0.05, 0.1) is 11.9 Å². The average molecular weight is 382 g/mol. The fourth-order valence-electron chi connectivity index (χ4n) is 4.28. The molecule has 0 saturated heterocycles. The largest absolute Gasteiger partial charge is 0.354 e. The lowest BCUT2D eigenvalue weighted by Crippen LogP contribution is -2.40. The Morgan fingerprint density at radius 3 is 2.93 bits per heavy atom. The molecule has 1 aliphatic heterocycles. The van der Waals surface area contributed by atoms with Crippen LogP contribution in [0.3, 0.4) is 0 Å². The lowest BCUT2D eigenvalue weighted by atomic mass is 9.85. The number of fused-ring (bicyclic) bond motifs is 1. The number of hydrogen-bond donors (Lipinski definition) is 2. The van der Waals surface area contributed by atoms with Crippen LogP contribution in [0.15, 0.2) is 18.6 Å². The summed E-state index contributed by atoms with van der Waals surface area (Å²) in [7, 11) is 0. The second kappa shape index (κ2) is 8.08. The molecule has 148 valence electrons. The second-order valence-electron chi connectivity index (χ2n) is 7.72. The highest BCUT2D eigenvalue weighted by molar-refractivity contribution is 5.92. The van der Waals surface area contributed by atoms with Crippen LogP contribution in [0.4, 0.5) is 5.82 Å². The molecule has 0 bridgehead atoms. The van der Waals surface area contributed by atoms with E-state index in [9.17, 15) is 9.59 Å². The predicted octanol–water partition coefficient (Wildman–Crippen LogP) is 2.31. The van der Waals surface area contributed by atoms with Crippen molar-refractivity contribution >= 4 is 17.6 Å². The van der Waals surface area contributed by atoms with E-state index >= 15 is 0 Å². The molecular formula is C20H26N6O2. The molecule has 0 aromatic carbocycles. The number of hydrogen-bond acceptors (Lipinski definition) is 5. The van der Waals surface area contributed by atoms with Crippen LogP contribution >= 0.6 is 0 Å². The van der Waals surface area contributed by atoms with Gasteiger partial charge in [-0.3, -0.25) is 14.3 Å². The van der Waals surface area contributed by atoms with Crippen molar-refractivity contribution in [3.63, 3.8) is 0 Å². The first-order valence-electron chi connectivity index (χ1n) is 10.0. The topological polar surface area (TPSA) is 102 Å². The van der Waals surface area contributed by atoms with Crippen molar-refractivity contribution in [3.8, 4) is 11.3 Å². The van der Waals surface area contributed by atoms with Gasteiger partial charge in [-0.2, -0.15) is 5.10 Å². The molecule has 1 unspecified atom stereocenters. The highest BCUT2D eigenvalue weighted by atomic mass is 16.2. The lowest BCUT2D eigenvalue weighted by molar-refractivity contribution is -0.123. The molecule has 0 spiro atoms. The van der Waals surface area contributed by atoms with Gasteiger partial charge in [0.25, 0.3) is 0 Å². The maximum atomic E-state index is 12.7. The molecule has 4 rings (SSSR count). The molecule has 0 radical (unpaired) electrons. The summed E-state index contributed by atoms with van der Waals surface area (Å²) in [6.45, 7) is 2.46. The number of amides is 2. The number of nitrogens with one attached hydrogen (secondary N) is 2. The monoisotopic (exact) mass is 382 g/mol. The van der Waals surface area contributed by atoms with E-state index in [2.05, 4.69) is 25.7 Å². The first-order chi connectivity index (χ1) is 13.6. The number of anilines is 1. The van der Waals surface area contributed by atoms with Gasteiger partial charge in [-0.1, -0.05) is 6.42 Å². The number of rotatable bonds is 4. The Morgan fingerprint density at radius 1 is 1.18 bits per heavy atom. The summed E-state index contributed by atoms with van der Waals surface area (Å²) >= 11 is 0. The van der Waals surface area contributed by atoms with E-state index in [1.165, 1.54) is 18.9 Å². The molecule has 3 heterocycles. The summed E-state index contributed by atoms with van der Waals surface area (Å²) in [4.78, 5) is 32.6. The third kappa shape index (κ3) is 4.05. The van der Waals surface area contributed by atoms with E-state index < -0.39 is 0 Å². The lowest BCUT2D eigenvalue weighted by Gasteiger charge is -2.28. The third-order valence-electron chi connectivity index (χ3n) is 5.63. The summed E-state index contributed by atoms with van der Waals surface area (Å²) < 4.78 is 2.05. The van der Waals surface area contributed by atoms with Crippen LogP contribution in [0.5, 0.6) is 0 Å². The van der Waals surface area contributed by atoms with Gasteiger partial charge in [0.1, 0.15) is 12.1 Å². The van der Waals surface area contributed by atoms with Crippen molar-refractivity contribution < 1.29 is 9.59 Å². The number of carbonyl (C=O) groups excluding carboxylic acids is 2. The summed E-state index contributed by atoms with van der Waals surface area (Å²) in [5, 5.41) is 10.3. The normalized spacial score (nSPS) is 21.6. The maximum Gasteiger partial charge on any atom is 0.228 e. The van der Waals surface area contributed by atoms with E-state index in [-0.39, 0.29) is 23.8 Å². The second-order valence-corrected chi connectivity index (χ2v) is 7.72. The van der Waals surface area contributed by atoms with Crippen LogP contribution in [-0.4, -0.2) is 37.6 Å². The van der Waals surface area contributed by atoms with Gasteiger partial charge in [0, 0.05) is 42.8 Å². The molecule has 2 aromatic heterocycles. The quantitative estimate of drug-likeness (QED) is 0.845. The third-order valence-corrected chi connectivity index (χ3v) is 5.63. The fourth-order valence-corrected chi connectivity index (χ4v) is 4.28. The minimum Gasteiger partial charge on any atom is -0.354 e. The van der Waals surface area contributed by atoms with Crippen molar-refractivity contribution in [1.29, 1.82) is 0 Å². The van der Waals surface area contributed by atoms with Crippen molar-refractivity contribution in [2.75, 3.05) is 5.32 Å². The molecule has 1 saturated carbocycles. The van der Waals surface area contributed by atoms with E-state index in [0.717, 1.165) is 56.3 Å². The Bertz CT molecular complexity index is 877. The van der Waals surface area contributed by atoms with Gasteiger partial charge in [0.2, 0.25) is 11.8 Å². The summed E-state index contributed by atoms with van der Waals surface area (Å²) in [5.74, 6) is 0.299. The van der Waals surface area contributed by atoms with Crippen LogP contribution < -0.4 is 10.6 Å². The highest BCUT2D eigenvalue weighted by Crippen LogP contribution is 2.28. The van der Waals surface area contributed by atoms with Gasteiger partial charge in [-0.05, 0) is 38.5 Å². The molecule has 8 heteroatoms. The Hall–Kier alpha value is -2.77. The first-order valence-corrected chi connectivity index (χ1v) is 10.0. The molecular weight excluding hydrogens is 356 g/mol. The van der Waals surface area contributed by atoms with Crippen LogP contribution in [0.1, 0.15) is 51.1 Å². The van der Waals surface area contributed by atoms with Crippen LogP contribution in [-0.2, 0) is 22.6 Å². The Morgan fingerprint density at radius 2 is 2.07 bits per heavy atom. The molecule has 1 fully saturated rings. The zero-order valence-electron chi connectivity index (χ0n) is 16.1. The van der Waals surface area contributed by atoms with Crippen LogP contribution in [0, 0.1) is 5.92 Å². The molecule has 2 atom stereocenters. The van der Waals surface area contributed by atoms with E-state index in [0.29, 0.717) is 12.2 Å². The van der Waals surface area contributed by atoms with Gasteiger partial charge in [0.15, 0.2) is 0 Å². The summed E-state index contributed by atoms with van der Waals surface area (Å²) in [5.41, 5.74) is 3.00. The number of carbonyl (C=O) groups is 2.